The summed E-state index contributed by atoms with van der Waals surface area (Å²) in [6.07, 6.45) is 4.88. The lowest BCUT2D eigenvalue weighted by Gasteiger charge is -2.33. The third-order valence-electron chi connectivity index (χ3n) is 4.10. The number of rotatable bonds is 5. The van der Waals surface area contributed by atoms with E-state index in [9.17, 15) is 4.79 Å². The molecule has 1 saturated heterocycles. The van der Waals surface area contributed by atoms with E-state index >= 15 is 0 Å². The Labute approximate surface area is 126 Å². The van der Waals surface area contributed by atoms with Gasteiger partial charge in [0.25, 0.3) is 5.91 Å². The topological polar surface area (TPSA) is 56.1 Å². The monoisotopic (exact) mass is 285 g/mol. The average molecular weight is 285 g/mol. The van der Waals surface area contributed by atoms with Crippen molar-refractivity contribution in [3.63, 3.8) is 0 Å². The van der Waals surface area contributed by atoms with Crippen LogP contribution in [0.15, 0.2) is 24.3 Å². The SMILES string of the molecule is C[C@@H]1CCCCN1CCCNC(=O)c1cccc(C#N)c1. The van der Waals surface area contributed by atoms with Gasteiger partial charge >= 0.3 is 0 Å². The third kappa shape index (κ3) is 4.57. The number of nitrogens with zero attached hydrogens (tertiary/aromatic N) is 2. The molecule has 1 aromatic carbocycles. The second kappa shape index (κ2) is 7.80. The zero-order valence-corrected chi connectivity index (χ0v) is 12.6. The van der Waals surface area contributed by atoms with Crippen LogP contribution in [0.5, 0.6) is 0 Å². The van der Waals surface area contributed by atoms with E-state index in [1.54, 1.807) is 24.3 Å². The van der Waals surface area contributed by atoms with Crippen molar-refractivity contribution in [3.05, 3.63) is 35.4 Å². The van der Waals surface area contributed by atoms with Crippen LogP contribution in [0.2, 0.25) is 0 Å². The molecule has 0 aromatic heterocycles. The Kier molecular flexibility index (Phi) is 5.77. The molecule has 4 nitrogen and oxygen atoms in total. The molecule has 1 fully saturated rings. The first kappa shape index (κ1) is 15.5. The number of piperidine rings is 1. The van der Waals surface area contributed by atoms with Crippen LogP contribution >= 0.6 is 0 Å². The van der Waals surface area contributed by atoms with Crippen LogP contribution in [-0.4, -0.2) is 36.5 Å². The summed E-state index contributed by atoms with van der Waals surface area (Å²) >= 11 is 0. The molecule has 1 N–H and O–H groups in total. The van der Waals surface area contributed by atoms with E-state index in [4.69, 9.17) is 5.26 Å². The molecule has 1 amide bonds. The lowest BCUT2D eigenvalue weighted by Crippen LogP contribution is -2.39. The molecule has 1 heterocycles. The molecule has 1 aliphatic rings. The summed E-state index contributed by atoms with van der Waals surface area (Å²) in [5, 5.41) is 11.8. The van der Waals surface area contributed by atoms with Gasteiger partial charge in [-0.3, -0.25) is 4.79 Å². The first-order valence-electron chi connectivity index (χ1n) is 7.73. The van der Waals surface area contributed by atoms with E-state index in [2.05, 4.69) is 23.2 Å². The Hall–Kier alpha value is -1.86. The number of carbonyl (C=O) groups is 1. The highest BCUT2D eigenvalue weighted by Gasteiger charge is 2.17. The molecular formula is C17H23N3O. The summed E-state index contributed by atoms with van der Waals surface area (Å²) in [5.74, 6) is -0.0983. The van der Waals surface area contributed by atoms with Gasteiger partial charge in [-0.25, -0.2) is 0 Å². The largest absolute Gasteiger partial charge is 0.352 e. The van der Waals surface area contributed by atoms with Crippen molar-refractivity contribution in [2.45, 2.75) is 38.6 Å². The van der Waals surface area contributed by atoms with Gasteiger partial charge in [-0.05, 0) is 50.9 Å². The van der Waals surface area contributed by atoms with Crippen molar-refractivity contribution in [1.29, 1.82) is 5.26 Å². The molecule has 0 aliphatic carbocycles. The molecule has 0 bridgehead atoms. The minimum Gasteiger partial charge on any atom is -0.352 e. The number of amides is 1. The Morgan fingerprint density at radius 1 is 1.48 bits per heavy atom. The Balaban J connectivity index is 1.73. The molecule has 0 saturated carbocycles. The van der Waals surface area contributed by atoms with Gasteiger partial charge in [-0.15, -0.1) is 0 Å². The standard InChI is InChI=1S/C17H23N3O/c1-14-6-2-3-10-20(14)11-5-9-19-17(21)16-8-4-7-15(12-16)13-18/h4,7-8,12,14H,2-3,5-6,9-11H2,1H3,(H,19,21)/t14-/m1/s1. The highest BCUT2D eigenvalue weighted by atomic mass is 16.1. The van der Waals surface area contributed by atoms with Crippen LogP contribution in [0.3, 0.4) is 0 Å². The van der Waals surface area contributed by atoms with E-state index in [0.29, 0.717) is 23.7 Å². The van der Waals surface area contributed by atoms with Gasteiger partial charge in [-0.1, -0.05) is 12.5 Å². The lowest BCUT2D eigenvalue weighted by molar-refractivity contribution is 0.0949. The van der Waals surface area contributed by atoms with Gasteiger partial charge in [0.05, 0.1) is 11.6 Å². The summed E-state index contributed by atoms with van der Waals surface area (Å²) in [6.45, 7) is 5.18. The minimum atomic E-state index is -0.0983. The summed E-state index contributed by atoms with van der Waals surface area (Å²) < 4.78 is 0. The molecule has 0 radical (unpaired) electrons. The van der Waals surface area contributed by atoms with Gasteiger partial charge in [0.2, 0.25) is 0 Å². The molecule has 2 rings (SSSR count). The summed E-state index contributed by atoms with van der Waals surface area (Å²) in [4.78, 5) is 14.5. The van der Waals surface area contributed by atoms with Crippen LogP contribution < -0.4 is 5.32 Å². The van der Waals surface area contributed by atoms with Crippen molar-refractivity contribution >= 4 is 5.91 Å². The van der Waals surface area contributed by atoms with Crippen molar-refractivity contribution in [3.8, 4) is 6.07 Å². The van der Waals surface area contributed by atoms with Crippen LogP contribution in [-0.2, 0) is 0 Å². The molecule has 0 spiro atoms. The van der Waals surface area contributed by atoms with Gasteiger partial charge in [-0.2, -0.15) is 5.26 Å². The Bertz CT molecular complexity index is 521. The van der Waals surface area contributed by atoms with E-state index in [-0.39, 0.29) is 5.91 Å². The van der Waals surface area contributed by atoms with E-state index in [1.165, 1.54) is 25.8 Å². The fraction of sp³-hybridized carbons (Fsp3) is 0.529. The summed E-state index contributed by atoms with van der Waals surface area (Å²) in [6, 6.07) is 9.53. The lowest BCUT2D eigenvalue weighted by atomic mass is 10.0. The molecule has 1 aromatic rings. The molecule has 4 heteroatoms. The van der Waals surface area contributed by atoms with Crippen molar-refractivity contribution in [2.75, 3.05) is 19.6 Å². The van der Waals surface area contributed by atoms with E-state index in [1.807, 2.05) is 0 Å². The van der Waals surface area contributed by atoms with Crippen LogP contribution in [0.4, 0.5) is 0 Å². The Morgan fingerprint density at radius 2 is 2.33 bits per heavy atom. The maximum Gasteiger partial charge on any atom is 0.251 e. The minimum absolute atomic E-state index is 0.0983. The second-order valence-electron chi connectivity index (χ2n) is 5.68. The van der Waals surface area contributed by atoms with E-state index in [0.717, 1.165) is 13.0 Å². The second-order valence-corrected chi connectivity index (χ2v) is 5.68. The predicted molar refractivity (Wildman–Crippen MR) is 83.0 cm³/mol. The molecule has 21 heavy (non-hydrogen) atoms. The molecule has 1 atom stereocenters. The van der Waals surface area contributed by atoms with Crippen LogP contribution in [0.25, 0.3) is 0 Å². The zero-order valence-electron chi connectivity index (χ0n) is 12.6. The zero-order chi connectivity index (χ0) is 15.1. The van der Waals surface area contributed by atoms with E-state index < -0.39 is 0 Å². The normalized spacial score (nSPS) is 19.0. The number of benzene rings is 1. The maximum atomic E-state index is 12.0. The van der Waals surface area contributed by atoms with Crippen molar-refractivity contribution in [2.24, 2.45) is 0 Å². The van der Waals surface area contributed by atoms with Crippen LogP contribution in [0, 0.1) is 11.3 Å². The predicted octanol–water partition coefficient (Wildman–Crippen LogP) is 2.55. The maximum absolute atomic E-state index is 12.0. The molecule has 1 aliphatic heterocycles. The summed E-state index contributed by atoms with van der Waals surface area (Å²) in [5.41, 5.74) is 1.07. The number of nitriles is 1. The van der Waals surface area contributed by atoms with Gasteiger partial charge < -0.3 is 10.2 Å². The molecule has 0 unspecified atom stereocenters. The summed E-state index contributed by atoms with van der Waals surface area (Å²) in [7, 11) is 0. The number of hydrogen-bond donors (Lipinski definition) is 1. The molecular weight excluding hydrogens is 262 g/mol. The highest BCUT2D eigenvalue weighted by molar-refractivity contribution is 5.94. The van der Waals surface area contributed by atoms with Gasteiger partial charge in [0.15, 0.2) is 0 Å². The van der Waals surface area contributed by atoms with Gasteiger partial charge in [0, 0.05) is 24.7 Å². The molecule has 112 valence electrons. The number of carbonyl (C=O) groups excluding carboxylic acids is 1. The first-order valence-corrected chi connectivity index (χ1v) is 7.73. The van der Waals surface area contributed by atoms with Gasteiger partial charge in [0.1, 0.15) is 0 Å². The first-order chi connectivity index (χ1) is 10.2. The smallest absolute Gasteiger partial charge is 0.251 e. The Morgan fingerprint density at radius 3 is 3.10 bits per heavy atom. The highest BCUT2D eigenvalue weighted by Crippen LogP contribution is 2.16. The van der Waals surface area contributed by atoms with Crippen LogP contribution in [0.1, 0.15) is 48.5 Å². The number of nitrogens with one attached hydrogen (secondary N) is 1. The fourth-order valence-electron chi connectivity index (χ4n) is 2.81. The van der Waals surface area contributed by atoms with Crippen molar-refractivity contribution < 1.29 is 4.79 Å². The average Bonchev–Trinajstić information content (AvgIpc) is 2.53. The number of likely N-dealkylation sites (tertiary alicyclic amines) is 1. The number of hydrogen-bond acceptors (Lipinski definition) is 3. The quantitative estimate of drug-likeness (QED) is 0.846. The van der Waals surface area contributed by atoms with Crippen molar-refractivity contribution in [1.82, 2.24) is 10.2 Å². The third-order valence-corrected chi connectivity index (χ3v) is 4.10. The fourth-order valence-corrected chi connectivity index (χ4v) is 2.81.